The van der Waals surface area contributed by atoms with E-state index in [0.29, 0.717) is 6.42 Å². The topological polar surface area (TPSA) is 110 Å². The molecule has 5 N–H and O–H groups in total. The van der Waals surface area contributed by atoms with Gasteiger partial charge in [0.25, 0.3) is 0 Å². The van der Waals surface area contributed by atoms with Gasteiger partial charge < -0.3 is 30.3 Å². The van der Waals surface area contributed by atoms with Crippen LogP contribution in [-0.4, -0.2) is 56.6 Å². The molecule has 1 heterocycles. The molecule has 27 heavy (non-hydrogen) atoms. The number of aryl methyl sites for hydroxylation is 1. The third kappa shape index (κ3) is 3.91. The van der Waals surface area contributed by atoms with Crippen LogP contribution in [0.3, 0.4) is 0 Å². The summed E-state index contributed by atoms with van der Waals surface area (Å²) < 4.78 is 5.39. The molecule has 6 heteroatoms. The fourth-order valence-electron chi connectivity index (χ4n) is 3.43. The smallest absolute Gasteiger partial charge is 0.222 e. The Morgan fingerprint density at radius 1 is 0.926 bits per heavy atom. The minimum absolute atomic E-state index is 0.252. The quantitative estimate of drug-likeness (QED) is 0.520. The third-order valence-corrected chi connectivity index (χ3v) is 5.15. The van der Waals surface area contributed by atoms with Gasteiger partial charge in [-0.3, -0.25) is 0 Å². The molecule has 3 rings (SSSR count). The molecule has 1 saturated heterocycles. The molecule has 0 spiro atoms. The van der Waals surface area contributed by atoms with Gasteiger partial charge >= 0.3 is 0 Å². The van der Waals surface area contributed by atoms with Gasteiger partial charge in [-0.15, -0.1) is 0 Å². The average Bonchev–Trinajstić information content (AvgIpc) is 2.70. The zero-order valence-corrected chi connectivity index (χ0v) is 15.2. The van der Waals surface area contributed by atoms with E-state index in [2.05, 4.69) is 19.1 Å². The lowest BCUT2D eigenvalue weighted by molar-refractivity contribution is -0.357. The van der Waals surface area contributed by atoms with Crippen molar-refractivity contribution in [3.63, 3.8) is 0 Å². The van der Waals surface area contributed by atoms with Crippen molar-refractivity contribution in [2.24, 2.45) is 0 Å². The highest BCUT2D eigenvalue weighted by Crippen LogP contribution is 2.36. The van der Waals surface area contributed by atoms with Gasteiger partial charge in [0.05, 0.1) is 6.61 Å². The standard InChI is InChI=1S/C21H26O6/c1-2-13-6-8-14(9-7-13)10-15-4-3-5-16(11-15)21(26)20(25)19(24)18(23)17(12-22)27-21/h3-9,11,17-20,22-26H,2,10,12H2,1H3/t17-,18-,19+,20-,21-/m1/s1. The predicted octanol–water partition coefficient (Wildman–Crippen LogP) is 0.459. The van der Waals surface area contributed by atoms with Crippen molar-refractivity contribution in [3.05, 3.63) is 70.8 Å². The largest absolute Gasteiger partial charge is 0.394 e. The first-order chi connectivity index (χ1) is 12.9. The molecular formula is C21H26O6. The third-order valence-electron chi connectivity index (χ3n) is 5.15. The van der Waals surface area contributed by atoms with Crippen LogP contribution in [0.15, 0.2) is 48.5 Å². The summed E-state index contributed by atoms with van der Waals surface area (Å²) in [6.45, 7) is 1.50. The SMILES string of the molecule is CCc1ccc(Cc2cccc([C@@]3(O)O[C@H](CO)[C@@H](O)[C@H](O)[C@H]3O)c2)cc1. The van der Waals surface area contributed by atoms with Crippen LogP contribution < -0.4 is 0 Å². The molecule has 0 unspecified atom stereocenters. The molecule has 146 valence electrons. The first-order valence-electron chi connectivity index (χ1n) is 9.11. The second-order valence-corrected chi connectivity index (χ2v) is 7.01. The lowest BCUT2D eigenvalue weighted by atomic mass is 9.87. The maximum absolute atomic E-state index is 10.9. The number of hydrogen-bond acceptors (Lipinski definition) is 6. The molecule has 5 atom stereocenters. The number of ether oxygens (including phenoxy) is 1. The molecule has 0 bridgehead atoms. The lowest BCUT2D eigenvalue weighted by Crippen LogP contribution is -2.63. The number of aliphatic hydroxyl groups is 5. The van der Waals surface area contributed by atoms with Crippen molar-refractivity contribution in [1.82, 2.24) is 0 Å². The average molecular weight is 374 g/mol. The predicted molar refractivity (Wildman–Crippen MR) is 98.9 cm³/mol. The van der Waals surface area contributed by atoms with E-state index in [1.165, 1.54) is 5.56 Å². The van der Waals surface area contributed by atoms with Crippen molar-refractivity contribution < 1.29 is 30.3 Å². The van der Waals surface area contributed by atoms with Crippen LogP contribution in [0.1, 0.15) is 29.2 Å². The van der Waals surface area contributed by atoms with Gasteiger partial charge in [-0.05, 0) is 35.6 Å². The maximum atomic E-state index is 10.9. The minimum Gasteiger partial charge on any atom is -0.394 e. The summed E-state index contributed by atoms with van der Waals surface area (Å²) >= 11 is 0. The van der Waals surface area contributed by atoms with E-state index >= 15 is 0 Å². The Morgan fingerprint density at radius 2 is 1.59 bits per heavy atom. The summed E-state index contributed by atoms with van der Waals surface area (Å²) in [5.41, 5.74) is 3.50. The number of hydrogen-bond donors (Lipinski definition) is 5. The summed E-state index contributed by atoms with van der Waals surface area (Å²) in [7, 11) is 0. The fraction of sp³-hybridized carbons (Fsp3) is 0.429. The van der Waals surface area contributed by atoms with Crippen molar-refractivity contribution in [3.8, 4) is 0 Å². The molecule has 1 aliphatic rings. The van der Waals surface area contributed by atoms with Crippen molar-refractivity contribution >= 4 is 0 Å². The first kappa shape index (κ1) is 19.9. The number of aliphatic hydroxyl groups excluding tert-OH is 4. The van der Waals surface area contributed by atoms with Crippen LogP contribution in [0.25, 0.3) is 0 Å². The fourth-order valence-corrected chi connectivity index (χ4v) is 3.43. The van der Waals surface area contributed by atoms with E-state index < -0.39 is 36.8 Å². The number of benzene rings is 2. The van der Waals surface area contributed by atoms with Gasteiger partial charge in [-0.1, -0.05) is 49.4 Å². The van der Waals surface area contributed by atoms with E-state index in [9.17, 15) is 25.5 Å². The van der Waals surface area contributed by atoms with Gasteiger partial charge in [0.1, 0.15) is 24.4 Å². The zero-order chi connectivity index (χ0) is 19.6. The molecular weight excluding hydrogens is 348 g/mol. The summed E-state index contributed by atoms with van der Waals surface area (Å²) in [5, 5.41) is 50.5. The Morgan fingerprint density at radius 3 is 2.22 bits per heavy atom. The Labute approximate surface area is 158 Å². The van der Waals surface area contributed by atoms with E-state index in [1.54, 1.807) is 18.2 Å². The Kier molecular flexibility index (Phi) is 5.95. The van der Waals surface area contributed by atoms with Crippen molar-refractivity contribution in [2.45, 2.75) is 50.0 Å². The second-order valence-electron chi connectivity index (χ2n) is 7.01. The van der Waals surface area contributed by atoms with Gasteiger partial charge in [0.15, 0.2) is 0 Å². The van der Waals surface area contributed by atoms with Gasteiger partial charge in [-0.25, -0.2) is 0 Å². The summed E-state index contributed by atoms with van der Waals surface area (Å²) in [5.74, 6) is -2.23. The Hall–Kier alpha value is -1.80. The molecule has 1 aliphatic heterocycles. The Balaban J connectivity index is 1.87. The van der Waals surface area contributed by atoms with Crippen LogP contribution >= 0.6 is 0 Å². The van der Waals surface area contributed by atoms with Crippen molar-refractivity contribution in [2.75, 3.05) is 6.61 Å². The highest BCUT2D eigenvalue weighted by atomic mass is 16.7. The first-order valence-corrected chi connectivity index (χ1v) is 9.11. The highest BCUT2D eigenvalue weighted by molar-refractivity contribution is 5.33. The van der Waals surface area contributed by atoms with E-state index in [-0.39, 0.29) is 5.56 Å². The van der Waals surface area contributed by atoms with Gasteiger partial charge in [0, 0.05) is 5.56 Å². The van der Waals surface area contributed by atoms with E-state index in [0.717, 1.165) is 17.5 Å². The van der Waals surface area contributed by atoms with Gasteiger partial charge in [-0.2, -0.15) is 0 Å². The van der Waals surface area contributed by atoms with Crippen LogP contribution in [-0.2, 0) is 23.4 Å². The molecule has 0 saturated carbocycles. The van der Waals surface area contributed by atoms with Crippen LogP contribution in [0, 0.1) is 0 Å². The van der Waals surface area contributed by atoms with Crippen LogP contribution in [0.4, 0.5) is 0 Å². The normalized spacial score (nSPS) is 31.0. The minimum atomic E-state index is -2.23. The Bertz CT molecular complexity index is 760. The highest BCUT2D eigenvalue weighted by Gasteiger charge is 2.53. The zero-order valence-electron chi connectivity index (χ0n) is 15.2. The molecule has 1 fully saturated rings. The number of rotatable bonds is 5. The molecule has 0 aromatic heterocycles. The second kappa shape index (κ2) is 8.06. The molecule has 0 aliphatic carbocycles. The summed E-state index contributed by atoms with van der Waals surface area (Å²) in [6, 6.07) is 15.1. The maximum Gasteiger partial charge on any atom is 0.222 e. The monoisotopic (exact) mass is 374 g/mol. The molecule has 0 radical (unpaired) electrons. The summed E-state index contributed by atoms with van der Waals surface area (Å²) in [6.07, 6.45) is -4.51. The molecule has 2 aromatic carbocycles. The molecule has 6 nitrogen and oxygen atoms in total. The van der Waals surface area contributed by atoms with E-state index in [1.807, 2.05) is 18.2 Å². The van der Waals surface area contributed by atoms with E-state index in [4.69, 9.17) is 4.74 Å². The molecule has 0 amide bonds. The molecule has 2 aromatic rings. The van der Waals surface area contributed by atoms with Crippen molar-refractivity contribution in [1.29, 1.82) is 0 Å². The van der Waals surface area contributed by atoms with Crippen LogP contribution in [0.2, 0.25) is 0 Å². The van der Waals surface area contributed by atoms with Crippen LogP contribution in [0.5, 0.6) is 0 Å². The lowest BCUT2D eigenvalue weighted by Gasteiger charge is -2.45. The summed E-state index contributed by atoms with van der Waals surface area (Å²) in [4.78, 5) is 0. The van der Waals surface area contributed by atoms with Gasteiger partial charge in [0.2, 0.25) is 5.79 Å².